The molecule has 48 heavy (non-hydrogen) atoms. The van der Waals surface area contributed by atoms with Crippen LogP contribution < -0.4 is 0 Å². The van der Waals surface area contributed by atoms with Crippen molar-refractivity contribution in [3.8, 4) is 0 Å². The normalized spacial score (nSPS) is 12.0. The Labute approximate surface area is 289 Å². The molecule has 0 aliphatic carbocycles. The molecular formula is C37H63N3O8. The van der Waals surface area contributed by atoms with Gasteiger partial charge in [0.1, 0.15) is 26.4 Å². The van der Waals surface area contributed by atoms with Gasteiger partial charge in [0.05, 0.1) is 25.7 Å². The molecule has 0 aromatic heterocycles. The first-order chi connectivity index (χ1) is 23.2. The summed E-state index contributed by atoms with van der Waals surface area (Å²) in [5, 5.41) is 0. The van der Waals surface area contributed by atoms with Gasteiger partial charge in [0.2, 0.25) is 0 Å². The number of hydrogen-bond acceptors (Lipinski definition) is 11. The average Bonchev–Trinajstić information content (AvgIpc) is 3.08. The molecule has 0 saturated heterocycles. The molecule has 0 unspecified atom stereocenters. The van der Waals surface area contributed by atoms with Crippen LogP contribution in [0.4, 0.5) is 0 Å². The Balaban J connectivity index is 5.09. The van der Waals surface area contributed by atoms with E-state index in [2.05, 4.69) is 14.7 Å². The van der Waals surface area contributed by atoms with E-state index in [0.717, 1.165) is 25.7 Å². The molecule has 0 N–H and O–H groups in total. The molecule has 0 spiro atoms. The van der Waals surface area contributed by atoms with Gasteiger partial charge in [-0.05, 0) is 32.7 Å². The van der Waals surface area contributed by atoms with Gasteiger partial charge >= 0.3 is 23.9 Å². The number of rotatable bonds is 30. The van der Waals surface area contributed by atoms with Crippen LogP contribution in [0.3, 0.4) is 0 Å². The first-order valence-electron chi connectivity index (χ1n) is 17.6. The van der Waals surface area contributed by atoms with E-state index >= 15 is 0 Å². The fourth-order valence-corrected chi connectivity index (χ4v) is 4.20. The highest BCUT2D eigenvalue weighted by Crippen LogP contribution is 2.03. The molecule has 0 rings (SSSR count). The zero-order valence-electron chi connectivity index (χ0n) is 30.4. The second kappa shape index (κ2) is 32.3. The van der Waals surface area contributed by atoms with Crippen molar-refractivity contribution in [2.24, 2.45) is 0 Å². The summed E-state index contributed by atoms with van der Waals surface area (Å²) in [5.74, 6) is -1.12. The van der Waals surface area contributed by atoms with Crippen molar-refractivity contribution in [2.75, 3.05) is 85.8 Å². The summed E-state index contributed by atoms with van der Waals surface area (Å²) < 4.78 is 21.2. The Morgan fingerprint density at radius 2 is 0.646 bits per heavy atom. The number of likely N-dealkylation sites (N-methyl/N-ethyl adjacent to an activating group) is 1. The maximum Gasteiger partial charge on any atom is 0.307 e. The van der Waals surface area contributed by atoms with Crippen molar-refractivity contribution in [2.45, 2.75) is 79.1 Å². The highest BCUT2D eigenvalue weighted by molar-refractivity contribution is 5.71. The summed E-state index contributed by atoms with van der Waals surface area (Å²) in [6, 6.07) is 0. The molecule has 0 aromatic carbocycles. The maximum atomic E-state index is 12.3. The number of ether oxygens (including phenoxy) is 4. The van der Waals surface area contributed by atoms with Crippen LogP contribution in [0, 0.1) is 0 Å². The molecule has 0 aliphatic heterocycles. The van der Waals surface area contributed by atoms with Gasteiger partial charge in [0, 0.05) is 52.4 Å². The van der Waals surface area contributed by atoms with Gasteiger partial charge < -0.3 is 33.6 Å². The molecule has 0 heterocycles. The number of carbonyl (C=O) groups excluding carboxylic acids is 4. The van der Waals surface area contributed by atoms with Crippen LogP contribution in [-0.2, 0) is 38.1 Å². The summed E-state index contributed by atoms with van der Waals surface area (Å²) in [7, 11) is 2.00. The first kappa shape index (κ1) is 44.7. The van der Waals surface area contributed by atoms with Crippen LogP contribution >= 0.6 is 0 Å². The second-order valence-corrected chi connectivity index (χ2v) is 11.2. The molecule has 0 atom stereocenters. The highest BCUT2D eigenvalue weighted by atomic mass is 16.5. The van der Waals surface area contributed by atoms with Crippen LogP contribution in [0.15, 0.2) is 48.6 Å². The Morgan fingerprint density at radius 3 is 0.875 bits per heavy atom. The Bertz CT molecular complexity index is 836. The van der Waals surface area contributed by atoms with E-state index in [9.17, 15) is 19.2 Å². The van der Waals surface area contributed by atoms with Crippen molar-refractivity contribution < 1.29 is 38.1 Å². The largest absolute Gasteiger partial charge is 0.461 e. The first-order valence-corrected chi connectivity index (χ1v) is 17.6. The molecule has 0 amide bonds. The van der Waals surface area contributed by atoms with Gasteiger partial charge in [-0.25, -0.2) is 0 Å². The van der Waals surface area contributed by atoms with E-state index in [0.29, 0.717) is 52.4 Å². The Hall–Kier alpha value is -3.28. The second-order valence-electron chi connectivity index (χ2n) is 11.2. The van der Waals surface area contributed by atoms with Gasteiger partial charge in [-0.15, -0.1) is 0 Å². The van der Waals surface area contributed by atoms with E-state index in [1.165, 1.54) is 0 Å². The quantitative estimate of drug-likeness (QED) is 0.0573. The van der Waals surface area contributed by atoms with Gasteiger partial charge in [0.15, 0.2) is 0 Å². The highest BCUT2D eigenvalue weighted by Gasteiger charge is 2.15. The predicted octanol–water partition coefficient (Wildman–Crippen LogP) is 5.12. The third-order valence-electron chi connectivity index (χ3n) is 7.10. The van der Waals surface area contributed by atoms with Gasteiger partial charge in [-0.2, -0.15) is 0 Å². The van der Waals surface area contributed by atoms with Crippen LogP contribution in [-0.4, -0.2) is 124 Å². The molecule has 0 fully saturated rings. The lowest BCUT2D eigenvalue weighted by molar-refractivity contribution is -0.144. The van der Waals surface area contributed by atoms with Crippen LogP contribution in [0.2, 0.25) is 0 Å². The zero-order chi connectivity index (χ0) is 35.7. The van der Waals surface area contributed by atoms with Crippen molar-refractivity contribution in [3.63, 3.8) is 0 Å². The summed E-state index contributed by atoms with van der Waals surface area (Å²) in [4.78, 5) is 55.5. The molecule has 274 valence electrons. The summed E-state index contributed by atoms with van der Waals surface area (Å²) in [6.07, 6.45) is 19.6. The smallest absolute Gasteiger partial charge is 0.307 e. The Kier molecular flexibility index (Phi) is 30.1. The molecule has 11 nitrogen and oxygen atoms in total. The van der Waals surface area contributed by atoms with E-state index < -0.39 is 0 Å². The fraction of sp³-hybridized carbons (Fsp3) is 0.676. The van der Waals surface area contributed by atoms with Gasteiger partial charge in [-0.3, -0.25) is 19.2 Å². The minimum Gasteiger partial charge on any atom is -0.461 e. The maximum absolute atomic E-state index is 12.3. The van der Waals surface area contributed by atoms with E-state index in [1.807, 2.05) is 83.4 Å². The topological polar surface area (TPSA) is 115 Å². The minimum absolute atomic E-state index is 0.223. The number of esters is 4. The van der Waals surface area contributed by atoms with E-state index in [4.69, 9.17) is 18.9 Å². The number of nitrogens with zero attached hydrogens (tertiary/aromatic N) is 3. The Morgan fingerprint density at radius 1 is 0.396 bits per heavy atom. The van der Waals surface area contributed by atoms with Gasteiger partial charge in [-0.1, -0.05) is 76.3 Å². The predicted molar refractivity (Wildman–Crippen MR) is 190 cm³/mol. The molecule has 0 saturated carbocycles. The van der Waals surface area contributed by atoms with Crippen molar-refractivity contribution in [3.05, 3.63) is 48.6 Å². The zero-order valence-corrected chi connectivity index (χ0v) is 30.4. The molecule has 0 radical (unpaired) electrons. The van der Waals surface area contributed by atoms with E-state index in [1.54, 1.807) is 0 Å². The van der Waals surface area contributed by atoms with E-state index in [-0.39, 0.29) is 76.0 Å². The van der Waals surface area contributed by atoms with Crippen molar-refractivity contribution in [1.82, 2.24) is 14.7 Å². The third kappa shape index (κ3) is 28.9. The van der Waals surface area contributed by atoms with Crippen molar-refractivity contribution >= 4 is 23.9 Å². The summed E-state index contributed by atoms with van der Waals surface area (Å²) >= 11 is 0. The van der Waals surface area contributed by atoms with Crippen LogP contribution in [0.5, 0.6) is 0 Å². The lowest BCUT2D eigenvalue weighted by atomic mass is 10.3. The van der Waals surface area contributed by atoms with Crippen molar-refractivity contribution in [1.29, 1.82) is 0 Å². The van der Waals surface area contributed by atoms with Gasteiger partial charge in [0.25, 0.3) is 0 Å². The fourth-order valence-electron chi connectivity index (χ4n) is 4.20. The molecule has 11 heteroatoms. The number of allylic oxidation sites excluding steroid dienone is 4. The number of hydrogen-bond donors (Lipinski definition) is 0. The SMILES string of the molecule is CC/C=C\COC(=O)CCN(CCC(=O)OC/C=C\CC)CCN(C)CCN(CCC(=O)OC/C=C\CC)CCC(=O)OC/C=C\CC. The van der Waals surface area contributed by atoms with Crippen LogP contribution in [0.25, 0.3) is 0 Å². The third-order valence-corrected chi connectivity index (χ3v) is 7.10. The average molecular weight is 678 g/mol. The lowest BCUT2D eigenvalue weighted by Crippen LogP contribution is -2.40. The molecule has 0 bridgehead atoms. The summed E-state index contributed by atoms with van der Waals surface area (Å²) in [6.45, 7) is 13.6. The summed E-state index contributed by atoms with van der Waals surface area (Å²) in [5.41, 5.74) is 0. The lowest BCUT2D eigenvalue weighted by Gasteiger charge is -2.27. The molecule has 0 aromatic rings. The molecular weight excluding hydrogens is 614 g/mol. The number of carbonyl (C=O) groups is 4. The monoisotopic (exact) mass is 677 g/mol. The standard InChI is InChI=1S/C37H63N3O8/c1-6-10-14-30-45-34(41)18-22-39(23-19-35(42)46-31-15-11-7-2)28-26-38(5)27-29-40(24-20-36(43)47-32-16-12-8-3)25-21-37(44)48-33-17-13-9-4/h10-17H,6-9,18-33H2,1-5H3/b14-10-,15-11-,16-12-,17-13-. The molecule has 0 aliphatic rings. The minimum atomic E-state index is -0.281. The van der Waals surface area contributed by atoms with Crippen LogP contribution in [0.1, 0.15) is 79.1 Å².